The van der Waals surface area contributed by atoms with Gasteiger partial charge in [0, 0.05) is 29.9 Å². The van der Waals surface area contributed by atoms with Gasteiger partial charge in [0.25, 0.3) is 0 Å². The predicted molar refractivity (Wildman–Crippen MR) is 89.7 cm³/mol. The minimum Gasteiger partial charge on any atom is -0.399 e. The van der Waals surface area contributed by atoms with Crippen molar-refractivity contribution in [2.45, 2.75) is 18.9 Å². The molecular formula is C17H19N3O2S. The summed E-state index contributed by atoms with van der Waals surface area (Å²) in [5.41, 5.74) is 1.08. The van der Waals surface area contributed by atoms with Crippen LogP contribution in [0.2, 0.25) is 0 Å². The van der Waals surface area contributed by atoms with Gasteiger partial charge in [-0.15, -0.1) is 0 Å². The summed E-state index contributed by atoms with van der Waals surface area (Å²) in [6.45, 7) is 3.28. The first-order chi connectivity index (χ1) is 11.3. The van der Waals surface area contributed by atoms with E-state index in [2.05, 4.69) is 15.2 Å². The Morgan fingerprint density at radius 3 is 2.70 bits per heavy atom. The Hall–Kier alpha value is -1.92. The third kappa shape index (κ3) is 3.23. The van der Waals surface area contributed by atoms with Crippen LogP contribution >= 0.6 is 11.3 Å². The van der Waals surface area contributed by atoms with Gasteiger partial charge in [-0.3, -0.25) is 4.98 Å². The van der Waals surface area contributed by atoms with Crippen molar-refractivity contribution in [3.05, 3.63) is 36.7 Å². The Kier molecular flexibility index (Phi) is 4.01. The highest BCUT2D eigenvalue weighted by Crippen LogP contribution is 2.33. The molecule has 0 saturated carbocycles. The first-order valence-electron chi connectivity index (χ1n) is 7.99. The van der Waals surface area contributed by atoms with Crippen LogP contribution in [0.3, 0.4) is 0 Å². The average molecular weight is 329 g/mol. The minimum atomic E-state index is -0.341. The van der Waals surface area contributed by atoms with Crippen molar-refractivity contribution < 1.29 is 9.53 Å². The van der Waals surface area contributed by atoms with Crippen LogP contribution in [0, 0.1) is 5.92 Å². The highest BCUT2D eigenvalue weighted by atomic mass is 32.1. The first-order valence-corrected chi connectivity index (χ1v) is 8.80. The van der Waals surface area contributed by atoms with Crippen LogP contribution in [-0.4, -0.2) is 41.7 Å². The highest BCUT2D eigenvalue weighted by Gasteiger charge is 2.35. The van der Waals surface area contributed by atoms with Gasteiger partial charge in [0.15, 0.2) is 5.06 Å². The molecule has 5 heterocycles. The van der Waals surface area contributed by atoms with Gasteiger partial charge >= 0.3 is 6.09 Å². The summed E-state index contributed by atoms with van der Waals surface area (Å²) in [5, 5.41) is 3.66. The molecule has 2 aromatic rings. The van der Waals surface area contributed by atoms with E-state index in [1.807, 2.05) is 24.3 Å². The summed E-state index contributed by atoms with van der Waals surface area (Å²) < 4.78 is 5.46. The Balaban J connectivity index is 1.37. The lowest BCUT2D eigenvalue weighted by atomic mass is 9.84. The zero-order valence-corrected chi connectivity index (χ0v) is 13.6. The van der Waals surface area contributed by atoms with E-state index in [0.29, 0.717) is 11.0 Å². The third-order valence-corrected chi connectivity index (χ3v) is 5.71. The normalized spacial score (nSPS) is 26.0. The first kappa shape index (κ1) is 14.7. The molecule has 1 N–H and O–H groups in total. The summed E-state index contributed by atoms with van der Waals surface area (Å²) in [4.78, 5) is 19.6. The maximum absolute atomic E-state index is 12.1. The molecule has 1 atom stereocenters. The van der Waals surface area contributed by atoms with Crippen molar-refractivity contribution in [1.29, 1.82) is 0 Å². The number of carbonyl (C=O) groups is 1. The Morgan fingerprint density at radius 2 is 2.00 bits per heavy atom. The maximum atomic E-state index is 12.1. The number of pyridine rings is 1. The molecule has 1 amide bonds. The number of aromatic nitrogens is 1. The monoisotopic (exact) mass is 329 g/mol. The molecule has 0 spiro atoms. The molecule has 1 unspecified atom stereocenters. The number of nitrogens with one attached hydrogen (secondary N) is 1. The van der Waals surface area contributed by atoms with Crippen molar-refractivity contribution in [2.24, 2.45) is 5.92 Å². The van der Waals surface area contributed by atoms with Crippen molar-refractivity contribution in [1.82, 2.24) is 15.2 Å². The SMILES string of the molecule is O=C(NC1CN2CCC1CC2)Oc1ccc(-c2ccncc2)s1. The molecule has 3 aliphatic heterocycles. The average Bonchev–Trinajstić information content (AvgIpc) is 3.05. The second kappa shape index (κ2) is 6.29. The summed E-state index contributed by atoms with van der Waals surface area (Å²) in [5.74, 6) is 0.600. The van der Waals surface area contributed by atoms with Crippen LogP contribution in [0.4, 0.5) is 4.79 Å². The van der Waals surface area contributed by atoms with Gasteiger partial charge in [-0.25, -0.2) is 4.79 Å². The van der Waals surface area contributed by atoms with E-state index in [9.17, 15) is 4.79 Å². The smallest absolute Gasteiger partial charge is 0.399 e. The van der Waals surface area contributed by atoms with Crippen molar-refractivity contribution >= 4 is 17.4 Å². The van der Waals surface area contributed by atoms with Gasteiger partial charge in [0.1, 0.15) is 0 Å². The fraction of sp³-hybridized carbons (Fsp3) is 0.412. The summed E-state index contributed by atoms with van der Waals surface area (Å²) in [7, 11) is 0. The minimum absolute atomic E-state index is 0.227. The lowest BCUT2D eigenvalue weighted by Crippen LogP contribution is -2.57. The van der Waals surface area contributed by atoms with Gasteiger partial charge in [0.2, 0.25) is 0 Å². The fourth-order valence-electron chi connectivity index (χ4n) is 3.45. The number of ether oxygens (including phenoxy) is 1. The van der Waals surface area contributed by atoms with E-state index in [0.717, 1.165) is 30.1 Å². The number of fused-ring (bicyclic) bond motifs is 3. The molecule has 6 heteroatoms. The standard InChI is InChI=1S/C17H19N3O2S/c21-17(19-14-11-20-9-5-12(14)6-10-20)22-16-2-1-15(23-16)13-3-7-18-8-4-13/h1-4,7-8,12,14H,5-6,9-11H2,(H,19,21). The zero-order valence-electron chi connectivity index (χ0n) is 12.8. The molecule has 5 rings (SSSR count). The number of hydrogen-bond acceptors (Lipinski definition) is 5. The van der Waals surface area contributed by atoms with Gasteiger partial charge in [0.05, 0.1) is 0 Å². The molecule has 2 aromatic heterocycles. The molecule has 0 aliphatic carbocycles. The van der Waals surface area contributed by atoms with E-state index in [1.165, 1.54) is 24.2 Å². The Labute approximate surface area is 139 Å². The van der Waals surface area contributed by atoms with Crippen molar-refractivity contribution in [3.8, 4) is 15.5 Å². The van der Waals surface area contributed by atoms with Crippen LogP contribution < -0.4 is 10.1 Å². The van der Waals surface area contributed by atoms with E-state index < -0.39 is 0 Å². The summed E-state index contributed by atoms with van der Waals surface area (Å²) in [6.07, 6.45) is 5.53. The largest absolute Gasteiger partial charge is 0.413 e. The van der Waals surface area contributed by atoms with Gasteiger partial charge in [-0.2, -0.15) is 0 Å². The van der Waals surface area contributed by atoms with Crippen LogP contribution in [-0.2, 0) is 0 Å². The van der Waals surface area contributed by atoms with Crippen molar-refractivity contribution in [2.75, 3.05) is 19.6 Å². The zero-order chi connectivity index (χ0) is 15.6. The van der Waals surface area contributed by atoms with Gasteiger partial charge < -0.3 is 15.0 Å². The quantitative estimate of drug-likeness (QED) is 0.940. The molecule has 23 heavy (non-hydrogen) atoms. The van der Waals surface area contributed by atoms with Crippen LogP contribution in [0.5, 0.6) is 5.06 Å². The van der Waals surface area contributed by atoms with Crippen molar-refractivity contribution in [3.63, 3.8) is 0 Å². The predicted octanol–water partition coefficient (Wildman–Crippen LogP) is 2.99. The van der Waals surface area contributed by atoms with Gasteiger partial charge in [-0.1, -0.05) is 11.3 Å². The molecule has 120 valence electrons. The third-order valence-electron chi connectivity index (χ3n) is 4.70. The lowest BCUT2D eigenvalue weighted by Gasteiger charge is -2.44. The highest BCUT2D eigenvalue weighted by molar-refractivity contribution is 7.17. The second-order valence-electron chi connectivity index (χ2n) is 6.13. The Morgan fingerprint density at radius 1 is 1.22 bits per heavy atom. The number of rotatable bonds is 3. The van der Waals surface area contributed by atoms with E-state index in [-0.39, 0.29) is 12.1 Å². The lowest BCUT2D eigenvalue weighted by molar-refractivity contribution is 0.0726. The van der Waals surface area contributed by atoms with E-state index in [4.69, 9.17) is 4.74 Å². The molecule has 0 aromatic carbocycles. The number of nitrogens with zero attached hydrogens (tertiary/aromatic N) is 2. The molecule has 3 aliphatic rings. The molecule has 2 bridgehead atoms. The molecule has 5 nitrogen and oxygen atoms in total. The fourth-order valence-corrected chi connectivity index (χ4v) is 4.31. The second-order valence-corrected chi connectivity index (χ2v) is 7.18. The molecule has 0 radical (unpaired) electrons. The number of piperidine rings is 3. The number of thiophene rings is 1. The van der Waals surface area contributed by atoms with Crippen LogP contribution in [0.15, 0.2) is 36.7 Å². The molecule has 3 fully saturated rings. The van der Waals surface area contributed by atoms with E-state index >= 15 is 0 Å². The van der Waals surface area contributed by atoms with Gasteiger partial charge in [-0.05, 0) is 61.7 Å². The number of carbonyl (C=O) groups excluding carboxylic acids is 1. The van der Waals surface area contributed by atoms with Crippen LogP contribution in [0.25, 0.3) is 10.4 Å². The van der Waals surface area contributed by atoms with E-state index in [1.54, 1.807) is 12.4 Å². The maximum Gasteiger partial charge on any atom is 0.413 e. The number of amides is 1. The summed E-state index contributed by atoms with van der Waals surface area (Å²) in [6, 6.07) is 7.93. The number of hydrogen-bond donors (Lipinski definition) is 1. The molecular weight excluding hydrogens is 310 g/mol. The van der Waals surface area contributed by atoms with Crippen LogP contribution in [0.1, 0.15) is 12.8 Å². The molecule has 3 saturated heterocycles. The summed E-state index contributed by atoms with van der Waals surface area (Å²) >= 11 is 1.47. The Bertz CT molecular complexity index is 680. The topological polar surface area (TPSA) is 54.5 Å².